The van der Waals surface area contributed by atoms with Crippen LogP contribution < -0.4 is 0 Å². The third-order valence-corrected chi connectivity index (χ3v) is 3.82. The second kappa shape index (κ2) is 6.28. The highest BCUT2D eigenvalue weighted by Crippen LogP contribution is 2.27. The molecule has 1 N–H and O–H groups in total. The van der Waals surface area contributed by atoms with Crippen LogP contribution in [0.25, 0.3) is 16.7 Å². The van der Waals surface area contributed by atoms with Crippen LogP contribution in [-0.4, -0.2) is 11.7 Å². The molecule has 0 saturated carbocycles. The van der Waals surface area contributed by atoms with Crippen molar-refractivity contribution in [2.75, 3.05) is 6.61 Å². The lowest BCUT2D eigenvalue weighted by molar-refractivity contribution is 0.343. The van der Waals surface area contributed by atoms with E-state index in [2.05, 4.69) is 69.3 Å². The maximum atomic E-state index is 8.95. The summed E-state index contributed by atoms with van der Waals surface area (Å²) < 4.78 is 0. The predicted octanol–water partition coefficient (Wildman–Crippen LogP) is 5.05. The van der Waals surface area contributed by atoms with Gasteiger partial charge in [0.05, 0.1) is 6.61 Å². The summed E-state index contributed by atoms with van der Waals surface area (Å²) in [7, 11) is 0. The average molecular weight is 280 g/mol. The van der Waals surface area contributed by atoms with Gasteiger partial charge in [-0.1, -0.05) is 75.4 Å². The number of allylic oxidation sites excluding steroid dienone is 1. The number of aliphatic hydroxyl groups excluding tert-OH is 1. The Balaban J connectivity index is 2.25. The van der Waals surface area contributed by atoms with Gasteiger partial charge < -0.3 is 5.11 Å². The fourth-order valence-electron chi connectivity index (χ4n) is 2.34. The molecule has 0 heterocycles. The van der Waals surface area contributed by atoms with Gasteiger partial charge >= 0.3 is 0 Å². The van der Waals surface area contributed by atoms with Crippen LogP contribution in [0.1, 0.15) is 38.8 Å². The van der Waals surface area contributed by atoms with Gasteiger partial charge in [-0.2, -0.15) is 0 Å². The minimum absolute atomic E-state index is 0.0852. The molecule has 0 aromatic heterocycles. The standard InChI is InChI=1S/C20H24O/c1-15(13-14-21)16-5-7-17(8-6-16)18-9-11-19(12-10-18)20(2,3)4/h5-13,21H,14H2,1-4H3/b15-13-. The number of hydrogen-bond donors (Lipinski definition) is 1. The Hall–Kier alpha value is -1.86. The van der Waals surface area contributed by atoms with Crippen LogP contribution in [0, 0.1) is 0 Å². The fraction of sp³-hybridized carbons (Fsp3) is 0.300. The van der Waals surface area contributed by atoms with E-state index >= 15 is 0 Å². The van der Waals surface area contributed by atoms with Gasteiger partial charge in [-0.3, -0.25) is 0 Å². The van der Waals surface area contributed by atoms with Crippen molar-refractivity contribution in [3.8, 4) is 11.1 Å². The Kier molecular flexibility index (Phi) is 4.64. The van der Waals surface area contributed by atoms with E-state index in [0.29, 0.717) is 0 Å². The van der Waals surface area contributed by atoms with Gasteiger partial charge in [0.1, 0.15) is 0 Å². The summed E-state index contributed by atoms with van der Waals surface area (Å²) in [4.78, 5) is 0. The van der Waals surface area contributed by atoms with Crippen molar-refractivity contribution in [1.29, 1.82) is 0 Å². The van der Waals surface area contributed by atoms with E-state index in [1.807, 2.05) is 13.0 Å². The normalized spacial score (nSPS) is 12.5. The first kappa shape index (κ1) is 15.5. The van der Waals surface area contributed by atoms with Gasteiger partial charge in [-0.25, -0.2) is 0 Å². The van der Waals surface area contributed by atoms with Gasteiger partial charge in [0, 0.05) is 0 Å². The summed E-state index contributed by atoms with van der Waals surface area (Å²) in [6.45, 7) is 8.79. The number of aliphatic hydroxyl groups is 1. The highest BCUT2D eigenvalue weighted by Gasteiger charge is 2.12. The first-order valence-corrected chi connectivity index (χ1v) is 7.41. The minimum atomic E-state index is 0.0852. The molecule has 0 aliphatic carbocycles. The predicted molar refractivity (Wildman–Crippen MR) is 91.3 cm³/mol. The van der Waals surface area contributed by atoms with Crippen molar-refractivity contribution in [2.45, 2.75) is 33.1 Å². The fourth-order valence-corrected chi connectivity index (χ4v) is 2.34. The quantitative estimate of drug-likeness (QED) is 0.834. The molecule has 21 heavy (non-hydrogen) atoms. The van der Waals surface area contributed by atoms with Crippen LogP contribution >= 0.6 is 0 Å². The molecule has 0 bridgehead atoms. The lowest BCUT2D eigenvalue weighted by Crippen LogP contribution is -2.10. The molecule has 0 aliphatic rings. The summed E-state index contributed by atoms with van der Waals surface area (Å²) in [6.07, 6.45) is 1.83. The highest BCUT2D eigenvalue weighted by molar-refractivity contribution is 5.69. The number of benzene rings is 2. The molecule has 110 valence electrons. The van der Waals surface area contributed by atoms with Crippen LogP contribution in [0.15, 0.2) is 54.6 Å². The summed E-state index contributed by atoms with van der Waals surface area (Å²) in [6, 6.07) is 17.3. The molecule has 0 fully saturated rings. The minimum Gasteiger partial charge on any atom is -0.392 e. The number of rotatable bonds is 3. The van der Waals surface area contributed by atoms with Crippen LogP contribution in [0.3, 0.4) is 0 Å². The Morgan fingerprint density at radius 1 is 0.905 bits per heavy atom. The summed E-state index contributed by atoms with van der Waals surface area (Å²) in [5.74, 6) is 0. The lowest BCUT2D eigenvalue weighted by atomic mass is 9.86. The molecule has 1 heteroatoms. The van der Waals surface area contributed by atoms with E-state index in [4.69, 9.17) is 5.11 Å². The Bertz CT molecular complexity index is 610. The van der Waals surface area contributed by atoms with E-state index in [9.17, 15) is 0 Å². The van der Waals surface area contributed by atoms with Crippen molar-refractivity contribution in [3.05, 3.63) is 65.7 Å². The summed E-state index contributed by atoms with van der Waals surface area (Å²) in [5, 5.41) is 8.95. The topological polar surface area (TPSA) is 20.2 Å². The maximum Gasteiger partial charge on any atom is 0.0618 e. The van der Waals surface area contributed by atoms with Crippen molar-refractivity contribution in [2.24, 2.45) is 0 Å². The molecule has 2 aromatic carbocycles. The van der Waals surface area contributed by atoms with Gasteiger partial charge in [0.2, 0.25) is 0 Å². The van der Waals surface area contributed by atoms with E-state index in [1.165, 1.54) is 16.7 Å². The summed E-state index contributed by atoms with van der Waals surface area (Å²) >= 11 is 0. The molecular formula is C20H24O. The van der Waals surface area contributed by atoms with Gasteiger partial charge in [0.15, 0.2) is 0 Å². The van der Waals surface area contributed by atoms with E-state index in [-0.39, 0.29) is 12.0 Å². The van der Waals surface area contributed by atoms with Crippen LogP contribution in [0.4, 0.5) is 0 Å². The van der Waals surface area contributed by atoms with Crippen molar-refractivity contribution in [1.82, 2.24) is 0 Å². The molecule has 0 unspecified atom stereocenters. The second-order valence-corrected chi connectivity index (χ2v) is 6.47. The third kappa shape index (κ3) is 3.83. The second-order valence-electron chi connectivity index (χ2n) is 6.47. The average Bonchev–Trinajstić information content (AvgIpc) is 2.47. The monoisotopic (exact) mass is 280 g/mol. The van der Waals surface area contributed by atoms with Crippen molar-refractivity contribution >= 4 is 5.57 Å². The van der Waals surface area contributed by atoms with Crippen molar-refractivity contribution in [3.63, 3.8) is 0 Å². The number of hydrogen-bond acceptors (Lipinski definition) is 1. The molecule has 2 aromatic rings. The molecule has 0 saturated heterocycles. The smallest absolute Gasteiger partial charge is 0.0618 e. The van der Waals surface area contributed by atoms with Gasteiger partial charge in [-0.15, -0.1) is 0 Å². The molecule has 2 rings (SSSR count). The SMILES string of the molecule is C/C(=C/CO)c1ccc(-c2ccc(C(C)(C)C)cc2)cc1. The molecular weight excluding hydrogens is 256 g/mol. The van der Waals surface area contributed by atoms with Gasteiger partial charge in [0.25, 0.3) is 0 Å². The Morgan fingerprint density at radius 2 is 1.38 bits per heavy atom. The molecule has 1 nitrogen and oxygen atoms in total. The lowest BCUT2D eigenvalue weighted by Gasteiger charge is -2.19. The zero-order valence-corrected chi connectivity index (χ0v) is 13.4. The van der Waals surface area contributed by atoms with Crippen LogP contribution in [0.5, 0.6) is 0 Å². The van der Waals surface area contributed by atoms with Crippen molar-refractivity contribution < 1.29 is 5.11 Å². The first-order valence-electron chi connectivity index (χ1n) is 7.41. The zero-order valence-electron chi connectivity index (χ0n) is 13.4. The van der Waals surface area contributed by atoms with Crippen LogP contribution in [-0.2, 0) is 5.41 Å². The summed E-state index contributed by atoms with van der Waals surface area (Å²) in [5.41, 5.74) is 6.25. The molecule has 0 spiro atoms. The van der Waals surface area contributed by atoms with E-state index < -0.39 is 0 Å². The molecule has 0 amide bonds. The largest absolute Gasteiger partial charge is 0.392 e. The maximum absolute atomic E-state index is 8.95. The highest BCUT2D eigenvalue weighted by atomic mass is 16.2. The van der Waals surface area contributed by atoms with E-state index in [1.54, 1.807) is 0 Å². The Morgan fingerprint density at radius 3 is 1.81 bits per heavy atom. The Labute approximate surface area is 128 Å². The van der Waals surface area contributed by atoms with Gasteiger partial charge in [-0.05, 0) is 40.2 Å². The van der Waals surface area contributed by atoms with E-state index in [0.717, 1.165) is 11.1 Å². The molecule has 0 atom stereocenters. The third-order valence-electron chi connectivity index (χ3n) is 3.82. The molecule has 0 aliphatic heterocycles. The first-order chi connectivity index (χ1) is 9.91. The van der Waals surface area contributed by atoms with Crippen LogP contribution in [0.2, 0.25) is 0 Å². The zero-order chi connectivity index (χ0) is 15.5. The molecule has 0 radical (unpaired) electrons.